The number of hydrogen-bond acceptors (Lipinski definition) is 3. The van der Waals surface area contributed by atoms with Crippen molar-refractivity contribution in [2.75, 3.05) is 0 Å². The lowest BCUT2D eigenvalue weighted by Crippen LogP contribution is -2.26. The Labute approximate surface area is 296 Å². The number of rotatable bonds is 4. The van der Waals surface area contributed by atoms with Crippen molar-refractivity contribution in [2.45, 2.75) is 20.0 Å². The third kappa shape index (κ3) is 5.01. The van der Waals surface area contributed by atoms with Crippen LogP contribution in [0.2, 0.25) is 0 Å². The molecule has 0 radical (unpaired) electrons. The van der Waals surface area contributed by atoms with E-state index in [0.29, 0.717) is 6.61 Å². The number of hydrogen-bond donors (Lipinski definition) is 0. The molecule has 3 heterocycles. The highest BCUT2D eigenvalue weighted by atomic mass is 16.5. The van der Waals surface area contributed by atoms with Crippen LogP contribution in [0.1, 0.15) is 30.0 Å². The lowest BCUT2D eigenvalue weighted by Gasteiger charge is -2.22. The van der Waals surface area contributed by atoms with Gasteiger partial charge in [-0.3, -0.25) is 0 Å². The molecule has 0 fully saturated rings. The molecule has 2 aliphatic rings. The Morgan fingerprint density at radius 2 is 1.29 bits per heavy atom. The molecule has 7 aromatic carbocycles. The fraction of sp³-hybridized carbons (Fsp3) is 0.0625. The van der Waals surface area contributed by atoms with Crippen molar-refractivity contribution >= 4 is 33.2 Å². The Balaban J connectivity index is 1.16. The van der Waals surface area contributed by atoms with Crippen molar-refractivity contribution in [1.82, 2.24) is 0 Å². The molecule has 0 N–H and O–H groups in total. The zero-order valence-corrected chi connectivity index (χ0v) is 28.2. The Bertz CT molecular complexity index is 2840. The van der Waals surface area contributed by atoms with Gasteiger partial charge in [0.2, 0.25) is 0 Å². The molecule has 0 amide bonds. The van der Waals surface area contributed by atoms with E-state index in [9.17, 15) is 0 Å². The molecule has 2 aliphatic heterocycles. The number of nitrogens with zero attached hydrogens (tertiary/aromatic N) is 1. The van der Waals surface area contributed by atoms with Gasteiger partial charge in [-0.25, -0.2) is 4.99 Å². The average molecular weight is 656 g/mol. The van der Waals surface area contributed by atoms with E-state index >= 15 is 0 Å². The lowest BCUT2D eigenvalue weighted by atomic mass is 9.90. The topological polar surface area (TPSA) is 34.7 Å². The van der Waals surface area contributed by atoms with Crippen LogP contribution in [0.15, 0.2) is 173 Å². The van der Waals surface area contributed by atoms with Gasteiger partial charge in [0.15, 0.2) is 0 Å². The summed E-state index contributed by atoms with van der Waals surface area (Å²) in [6.45, 7) is 2.81. The van der Waals surface area contributed by atoms with Gasteiger partial charge >= 0.3 is 0 Å². The number of ether oxygens (including phenoxy) is 1. The molecule has 0 unspecified atom stereocenters. The molecule has 8 aromatic rings. The van der Waals surface area contributed by atoms with Crippen molar-refractivity contribution in [3.8, 4) is 39.1 Å². The smallest absolute Gasteiger partial charge is 0.136 e. The Kier molecular flexibility index (Phi) is 6.85. The summed E-state index contributed by atoms with van der Waals surface area (Å²) in [5, 5.41) is 4.29. The lowest BCUT2D eigenvalue weighted by molar-refractivity contribution is 0.302. The van der Waals surface area contributed by atoms with E-state index in [1.807, 2.05) is 6.07 Å². The van der Waals surface area contributed by atoms with E-state index in [2.05, 4.69) is 159 Å². The largest absolute Gasteiger partial charge is 0.488 e. The van der Waals surface area contributed by atoms with Crippen LogP contribution >= 0.6 is 0 Å². The predicted molar refractivity (Wildman–Crippen MR) is 208 cm³/mol. The minimum absolute atomic E-state index is 0.580. The van der Waals surface area contributed by atoms with Crippen LogP contribution in [0.5, 0.6) is 5.75 Å². The molecule has 3 nitrogen and oxygen atoms in total. The van der Waals surface area contributed by atoms with Crippen LogP contribution in [-0.4, -0.2) is 0 Å². The van der Waals surface area contributed by atoms with Crippen LogP contribution in [0.25, 0.3) is 66.6 Å². The second kappa shape index (κ2) is 11.9. The zero-order chi connectivity index (χ0) is 33.9. The van der Waals surface area contributed by atoms with Gasteiger partial charge in [0.05, 0.1) is 11.1 Å². The first kappa shape index (κ1) is 29.5. The van der Waals surface area contributed by atoms with Crippen LogP contribution in [-0.2, 0) is 6.61 Å². The van der Waals surface area contributed by atoms with Crippen molar-refractivity contribution in [3.63, 3.8) is 0 Å². The summed E-state index contributed by atoms with van der Waals surface area (Å²) in [5.41, 5.74) is 15.6. The Morgan fingerprint density at radius 1 is 0.529 bits per heavy atom. The minimum Gasteiger partial charge on any atom is -0.488 e. The summed E-state index contributed by atoms with van der Waals surface area (Å²) in [6, 6.07) is 55.9. The molecule has 0 aliphatic carbocycles. The second-order valence-electron chi connectivity index (χ2n) is 13.5. The molecule has 242 valence electrons. The summed E-state index contributed by atoms with van der Waals surface area (Å²) in [6.07, 6.45) is 0.746. The maximum Gasteiger partial charge on any atom is 0.136 e. The molecule has 0 spiro atoms. The van der Waals surface area contributed by atoms with E-state index in [1.165, 1.54) is 33.4 Å². The quantitative estimate of drug-likeness (QED) is 0.189. The number of para-hydroxylation sites is 2. The van der Waals surface area contributed by atoms with Gasteiger partial charge in [-0.05, 0) is 99.8 Å². The molecule has 3 heteroatoms. The van der Waals surface area contributed by atoms with Crippen LogP contribution in [0, 0.1) is 0 Å². The molecule has 0 saturated carbocycles. The van der Waals surface area contributed by atoms with E-state index in [-0.39, 0.29) is 0 Å². The third-order valence-corrected chi connectivity index (χ3v) is 10.4. The van der Waals surface area contributed by atoms with Gasteiger partial charge in [-0.2, -0.15) is 0 Å². The molecule has 0 saturated heterocycles. The monoisotopic (exact) mass is 655 g/mol. The van der Waals surface area contributed by atoms with Crippen LogP contribution in [0.3, 0.4) is 0 Å². The highest BCUT2D eigenvalue weighted by molar-refractivity contribution is 6.11. The van der Waals surface area contributed by atoms with Gasteiger partial charge in [0, 0.05) is 27.1 Å². The van der Waals surface area contributed by atoms with Crippen molar-refractivity contribution in [1.29, 1.82) is 0 Å². The van der Waals surface area contributed by atoms with Crippen molar-refractivity contribution in [2.24, 2.45) is 4.99 Å². The van der Waals surface area contributed by atoms with Crippen molar-refractivity contribution < 1.29 is 9.15 Å². The van der Waals surface area contributed by atoms with Gasteiger partial charge < -0.3 is 9.15 Å². The highest BCUT2D eigenvalue weighted by Gasteiger charge is 2.22. The molecule has 10 rings (SSSR count). The van der Waals surface area contributed by atoms with E-state index < -0.39 is 0 Å². The normalized spacial score (nSPS) is 13.6. The van der Waals surface area contributed by atoms with Crippen molar-refractivity contribution in [3.05, 3.63) is 191 Å². The zero-order valence-electron chi connectivity index (χ0n) is 28.2. The van der Waals surface area contributed by atoms with E-state index in [0.717, 1.165) is 78.2 Å². The molecule has 0 bridgehead atoms. The maximum absolute atomic E-state index is 6.58. The highest BCUT2D eigenvalue weighted by Crippen LogP contribution is 2.43. The van der Waals surface area contributed by atoms with Gasteiger partial charge in [0.25, 0.3) is 0 Å². The molecular formula is C48H33NO2. The fourth-order valence-corrected chi connectivity index (χ4v) is 7.87. The summed E-state index contributed by atoms with van der Waals surface area (Å²) >= 11 is 0. The molecular weight excluding hydrogens is 623 g/mol. The number of benzene rings is 7. The summed E-state index contributed by atoms with van der Waals surface area (Å²) in [7, 11) is 0. The number of fused-ring (bicyclic) bond motifs is 7. The second-order valence-corrected chi connectivity index (χ2v) is 13.5. The maximum atomic E-state index is 6.58. The van der Waals surface area contributed by atoms with Gasteiger partial charge in [-0.1, -0.05) is 121 Å². The SMILES string of the molecule is CC1=C(c2cc(-c3cccc(-c4ccccc4)c3)cc3oc4ccccc4c23)N=c2ccccc2=C(c2ccc3c(c2)OCc2ccccc2-3)C1. The fourth-order valence-electron chi connectivity index (χ4n) is 7.87. The molecule has 51 heavy (non-hydrogen) atoms. The standard InChI is InChI=1S/C48H33NO2/c1-30-24-41(34-22-23-39-37-17-6-5-14-35(37)29-50-45(39)27-34)38-18-7-9-20-43(38)49-48(30)42-26-36(28-46-47(42)40-19-8-10-21-44(40)51-46)33-16-11-15-32(25-33)31-12-3-2-4-13-31/h2-23,25-28H,24,29H2,1H3. The van der Waals surface area contributed by atoms with Gasteiger partial charge in [0.1, 0.15) is 23.5 Å². The third-order valence-electron chi connectivity index (χ3n) is 10.4. The van der Waals surface area contributed by atoms with Gasteiger partial charge in [-0.15, -0.1) is 0 Å². The molecule has 1 aromatic heterocycles. The predicted octanol–water partition coefficient (Wildman–Crippen LogP) is 11.1. The van der Waals surface area contributed by atoms with E-state index in [4.69, 9.17) is 14.1 Å². The van der Waals surface area contributed by atoms with E-state index in [1.54, 1.807) is 0 Å². The summed E-state index contributed by atoms with van der Waals surface area (Å²) < 4.78 is 12.9. The first-order chi connectivity index (χ1) is 25.2. The van der Waals surface area contributed by atoms with Crippen LogP contribution in [0.4, 0.5) is 0 Å². The molecule has 0 atom stereocenters. The first-order valence-corrected chi connectivity index (χ1v) is 17.5. The summed E-state index contributed by atoms with van der Waals surface area (Å²) in [5.74, 6) is 0.927. The minimum atomic E-state index is 0.580. The summed E-state index contributed by atoms with van der Waals surface area (Å²) in [4.78, 5) is 5.51. The van der Waals surface area contributed by atoms with Crippen LogP contribution < -0.4 is 15.3 Å². The first-order valence-electron chi connectivity index (χ1n) is 17.5. The number of furan rings is 1. The Hall–Kier alpha value is -6.45. The number of allylic oxidation sites excluding steroid dienone is 1. The Morgan fingerprint density at radius 3 is 2.22 bits per heavy atom. The average Bonchev–Trinajstić information content (AvgIpc) is 3.50.